The van der Waals surface area contributed by atoms with E-state index in [4.69, 9.17) is 0 Å². The first-order chi connectivity index (χ1) is 9.51. The fraction of sp³-hybridized carbons (Fsp3) is 0.571. The highest BCUT2D eigenvalue weighted by atomic mass is 32.2. The summed E-state index contributed by atoms with van der Waals surface area (Å²) >= 11 is 1.81. The summed E-state index contributed by atoms with van der Waals surface area (Å²) in [5.41, 5.74) is 1.76. The highest BCUT2D eigenvalue weighted by Gasteiger charge is 2.18. The number of rotatable bonds is 8. The molecule has 0 spiro atoms. The predicted molar refractivity (Wildman–Crippen MR) is 86.6 cm³/mol. The van der Waals surface area contributed by atoms with Gasteiger partial charge in [-0.25, -0.2) is 0 Å². The third kappa shape index (κ3) is 4.38. The van der Waals surface area contributed by atoms with Gasteiger partial charge in [0, 0.05) is 31.0 Å². The molecule has 1 N–H and O–H groups in total. The van der Waals surface area contributed by atoms with Crippen molar-refractivity contribution in [2.75, 3.05) is 30.9 Å². The first-order valence-corrected chi connectivity index (χ1v) is 8.09. The minimum atomic E-state index is -0.327. The Kier molecular flexibility index (Phi) is 6.81. The second kappa shape index (κ2) is 8.11. The Morgan fingerprint density at radius 2 is 2.20 bits per heavy atom. The molecule has 1 atom stereocenters. The lowest BCUT2D eigenvalue weighted by molar-refractivity contribution is -0.384. The van der Waals surface area contributed by atoms with Crippen LogP contribution in [0.2, 0.25) is 0 Å². The topological polar surface area (TPSA) is 58.4 Å². The van der Waals surface area contributed by atoms with Crippen molar-refractivity contribution in [3.05, 3.63) is 33.9 Å². The van der Waals surface area contributed by atoms with E-state index in [0.29, 0.717) is 24.8 Å². The Balaban J connectivity index is 2.99. The minimum Gasteiger partial charge on any atom is -0.380 e. The third-order valence-electron chi connectivity index (χ3n) is 3.26. The number of benzene rings is 1. The molecule has 1 aromatic rings. The van der Waals surface area contributed by atoms with E-state index in [9.17, 15) is 10.1 Å². The zero-order valence-corrected chi connectivity index (χ0v) is 13.4. The van der Waals surface area contributed by atoms with Gasteiger partial charge in [-0.3, -0.25) is 15.0 Å². The van der Waals surface area contributed by atoms with Crippen LogP contribution >= 0.6 is 11.8 Å². The standard InChI is InChI=1S/C14H23N3O2S/c1-5-15-14-12(7-6-8-13(14)17(18)19)9-16(3)11(2)10-20-4/h6-8,11,15H,5,9-10H2,1-4H3. The number of thioether (sulfide) groups is 1. The zero-order valence-electron chi connectivity index (χ0n) is 12.5. The number of anilines is 1. The van der Waals surface area contributed by atoms with Crippen LogP contribution in [0.5, 0.6) is 0 Å². The lowest BCUT2D eigenvalue weighted by Gasteiger charge is -2.25. The summed E-state index contributed by atoms with van der Waals surface area (Å²) in [5.74, 6) is 1.04. The summed E-state index contributed by atoms with van der Waals surface area (Å²) in [6.45, 7) is 5.48. The number of nitrogens with one attached hydrogen (secondary N) is 1. The van der Waals surface area contributed by atoms with Crippen LogP contribution in [0.3, 0.4) is 0 Å². The Bertz CT molecular complexity index is 454. The van der Waals surface area contributed by atoms with Gasteiger partial charge < -0.3 is 5.32 Å². The molecule has 0 saturated carbocycles. The molecule has 0 amide bonds. The van der Waals surface area contributed by atoms with Crippen LogP contribution < -0.4 is 5.32 Å². The van der Waals surface area contributed by atoms with Crippen LogP contribution in [-0.4, -0.2) is 41.5 Å². The number of hydrogen-bond donors (Lipinski definition) is 1. The van der Waals surface area contributed by atoms with Gasteiger partial charge in [0.2, 0.25) is 0 Å². The van der Waals surface area contributed by atoms with Crippen LogP contribution in [0, 0.1) is 10.1 Å². The monoisotopic (exact) mass is 297 g/mol. The summed E-state index contributed by atoms with van der Waals surface area (Å²) < 4.78 is 0. The quantitative estimate of drug-likeness (QED) is 0.590. The van der Waals surface area contributed by atoms with Crippen molar-refractivity contribution in [2.24, 2.45) is 0 Å². The molecule has 1 unspecified atom stereocenters. The van der Waals surface area contributed by atoms with Gasteiger partial charge in [-0.2, -0.15) is 11.8 Å². The van der Waals surface area contributed by atoms with Gasteiger partial charge in [0.15, 0.2) is 0 Å². The number of nitro groups is 1. The molecule has 0 aliphatic rings. The molecule has 5 nitrogen and oxygen atoms in total. The van der Waals surface area contributed by atoms with E-state index in [1.54, 1.807) is 23.9 Å². The van der Waals surface area contributed by atoms with E-state index >= 15 is 0 Å². The molecule has 0 bridgehead atoms. The highest BCUT2D eigenvalue weighted by Crippen LogP contribution is 2.29. The molecular weight excluding hydrogens is 274 g/mol. The molecule has 6 heteroatoms. The summed E-state index contributed by atoms with van der Waals surface area (Å²) in [5, 5.41) is 14.2. The average Bonchev–Trinajstić information content (AvgIpc) is 2.40. The molecule has 0 aliphatic heterocycles. The fourth-order valence-electron chi connectivity index (χ4n) is 2.04. The molecule has 1 aromatic carbocycles. The van der Waals surface area contributed by atoms with Gasteiger partial charge in [0.25, 0.3) is 5.69 Å². The van der Waals surface area contributed by atoms with E-state index < -0.39 is 0 Å². The third-order valence-corrected chi connectivity index (χ3v) is 4.07. The molecule has 112 valence electrons. The highest BCUT2D eigenvalue weighted by molar-refractivity contribution is 7.98. The van der Waals surface area contributed by atoms with Crippen LogP contribution in [-0.2, 0) is 6.54 Å². The zero-order chi connectivity index (χ0) is 15.1. The van der Waals surface area contributed by atoms with Crippen LogP contribution in [0.4, 0.5) is 11.4 Å². The van der Waals surface area contributed by atoms with Gasteiger partial charge in [-0.1, -0.05) is 12.1 Å². The minimum absolute atomic E-state index is 0.148. The number of hydrogen-bond acceptors (Lipinski definition) is 5. The number of para-hydroxylation sites is 1. The summed E-state index contributed by atoms with van der Waals surface area (Å²) in [6.07, 6.45) is 2.09. The Morgan fingerprint density at radius 1 is 1.50 bits per heavy atom. The van der Waals surface area contributed by atoms with E-state index in [2.05, 4.69) is 30.4 Å². The number of nitrogens with zero attached hydrogens (tertiary/aromatic N) is 2. The van der Waals surface area contributed by atoms with E-state index in [1.807, 2.05) is 13.0 Å². The van der Waals surface area contributed by atoms with E-state index in [0.717, 1.165) is 11.3 Å². The van der Waals surface area contributed by atoms with Gasteiger partial charge >= 0.3 is 0 Å². The smallest absolute Gasteiger partial charge is 0.292 e. The normalized spacial score (nSPS) is 12.4. The van der Waals surface area contributed by atoms with Crippen LogP contribution in [0.25, 0.3) is 0 Å². The van der Waals surface area contributed by atoms with Crippen molar-refractivity contribution in [1.29, 1.82) is 0 Å². The maximum atomic E-state index is 11.1. The molecule has 1 rings (SSSR count). The largest absolute Gasteiger partial charge is 0.380 e. The van der Waals surface area contributed by atoms with Crippen LogP contribution in [0.15, 0.2) is 18.2 Å². The lowest BCUT2D eigenvalue weighted by Crippen LogP contribution is -2.30. The molecular formula is C14H23N3O2S. The second-order valence-electron chi connectivity index (χ2n) is 4.82. The molecule has 0 fully saturated rings. The van der Waals surface area contributed by atoms with Crippen molar-refractivity contribution >= 4 is 23.1 Å². The summed E-state index contributed by atoms with van der Waals surface area (Å²) in [7, 11) is 2.05. The maximum Gasteiger partial charge on any atom is 0.292 e. The summed E-state index contributed by atoms with van der Waals surface area (Å²) in [4.78, 5) is 13.0. The van der Waals surface area contributed by atoms with Crippen molar-refractivity contribution in [3.8, 4) is 0 Å². The van der Waals surface area contributed by atoms with Gasteiger partial charge in [0.05, 0.1) is 4.92 Å². The van der Waals surface area contributed by atoms with Gasteiger partial charge in [0.1, 0.15) is 5.69 Å². The molecule has 20 heavy (non-hydrogen) atoms. The van der Waals surface area contributed by atoms with E-state index in [1.165, 1.54) is 0 Å². The van der Waals surface area contributed by atoms with Crippen LogP contribution in [0.1, 0.15) is 19.4 Å². The molecule has 0 saturated heterocycles. The molecule has 0 radical (unpaired) electrons. The Morgan fingerprint density at radius 3 is 2.75 bits per heavy atom. The Labute approximate surface area is 124 Å². The van der Waals surface area contributed by atoms with Gasteiger partial charge in [-0.05, 0) is 32.7 Å². The van der Waals surface area contributed by atoms with Gasteiger partial charge in [-0.15, -0.1) is 0 Å². The Hall–Kier alpha value is -1.27. The SMILES string of the molecule is CCNc1c(CN(C)C(C)CSC)cccc1[N+](=O)[O-]. The maximum absolute atomic E-state index is 11.1. The van der Waals surface area contributed by atoms with E-state index in [-0.39, 0.29) is 10.6 Å². The number of nitro benzene ring substituents is 1. The van der Waals surface area contributed by atoms with Crippen molar-refractivity contribution < 1.29 is 4.92 Å². The summed E-state index contributed by atoms with van der Waals surface area (Å²) in [6, 6.07) is 5.68. The van der Waals surface area contributed by atoms with Crippen molar-refractivity contribution in [3.63, 3.8) is 0 Å². The first kappa shape index (κ1) is 16.8. The average molecular weight is 297 g/mol. The predicted octanol–water partition coefficient (Wildman–Crippen LogP) is 3.21. The van der Waals surface area contributed by atoms with Crippen molar-refractivity contribution in [2.45, 2.75) is 26.4 Å². The van der Waals surface area contributed by atoms with Crippen molar-refractivity contribution in [1.82, 2.24) is 4.90 Å². The fourth-order valence-corrected chi connectivity index (χ4v) is 2.78. The molecule has 0 aliphatic carbocycles. The second-order valence-corrected chi connectivity index (χ2v) is 5.73. The first-order valence-electron chi connectivity index (χ1n) is 6.70. The molecule has 0 heterocycles. The lowest BCUT2D eigenvalue weighted by atomic mass is 10.1. The molecule has 0 aromatic heterocycles.